The largest absolute Gasteiger partial charge is 0.456 e. The smallest absolute Gasteiger partial charge is 0.377 e. The van der Waals surface area contributed by atoms with Crippen molar-refractivity contribution < 1.29 is 18.3 Å². The van der Waals surface area contributed by atoms with Crippen LogP contribution in [0.4, 0.5) is 8.78 Å². The maximum absolute atomic E-state index is 12.8. The van der Waals surface area contributed by atoms with E-state index in [-0.39, 0.29) is 5.41 Å². The van der Waals surface area contributed by atoms with Crippen molar-refractivity contribution in [1.29, 1.82) is 0 Å². The van der Waals surface area contributed by atoms with Gasteiger partial charge in [0.25, 0.3) is 0 Å². The zero-order valence-corrected chi connectivity index (χ0v) is 8.85. The lowest BCUT2D eigenvalue weighted by Crippen LogP contribution is -2.30. The summed E-state index contributed by atoms with van der Waals surface area (Å²) in [4.78, 5) is 10.7. The summed E-state index contributed by atoms with van der Waals surface area (Å²) in [6.07, 6.45) is -0.125. The Bertz CT molecular complexity index is 291. The van der Waals surface area contributed by atoms with Crippen LogP contribution in [0.3, 0.4) is 0 Å². The fourth-order valence-corrected chi connectivity index (χ4v) is 1.85. The molecule has 2 fully saturated rings. The number of ether oxygens (including phenoxy) is 1. The minimum absolute atomic E-state index is 0.255. The van der Waals surface area contributed by atoms with Crippen LogP contribution in [0.1, 0.15) is 26.7 Å². The summed E-state index contributed by atoms with van der Waals surface area (Å²) < 4.78 is 30.1. The number of cyclic esters (lactones) is 1. The minimum atomic E-state index is -3.29. The summed E-state index contributed by atoms with van der Waals surface area (Å²) in [6.45, 7) is 4.55. The lowest BCUT2D eigenvalue weighted by molar-refractivity contribution is -0.159. The van der Waals surface area contributed by atoms with Gasteiger partial charge in [0, 0.05) is 12.6 Å². The third-order valence-corrected chi connectivity index (χ3v) is 3.16. The van der Waals surface area contributed by atoms with E-state index in [0.717, 1.165) is 6.42 Å². The number of halogens is 2. The number of carbonyl (C=O) groups excluding carboxylic acids is 1. The Kier molecular flexibility index (Phi) is 2.26. The molecule has 1 saturated carbocycles. The zero-order chi connectivity index (χ0) is 11.3. The Balaban J connectivity index is 1.76. The molecule has 1 aliphatic heterocycles. The number of rotatable bonds is 3. The molecule has 0 bridgehead atoms. The molecule has 1 saturated heterocycles. The van der Waals surface area contributed by atoms with Gasteiger partial charge in [-0.1, -0.05) is 13.8 Å². The number of hydrogen-bond acceptors (Lipinski definition) is 3. The van der Waals surface area contributed by atoms with Gasteiger partial charge in [-0.2, -0.15) is 8.78 Å². The monoisotopic (exact) mass is 219 g/mol. The van der Waals surface area contributed by atoms with E-state index in [1.54, 1.807) is 0 Å². The summed E-state index contributed by atoms with van der Waals surface area (Å²) in [7, 11) is 0. The predicted octanol–water partition coefficient (Wildman–Crippen LogP) is 1.33. The Hall–Kier alpha value is -0.710. The first-order chi connectivity index (χ1) is 6.81. The standard InChI is InChI=1S/C10H15F2NO2/c1-9(2)4-7(9)13-5-6-3-10(11,12)8(14)15-6/h6-7,13H,3-5H2,1-2H3. The maximum Gasteiger partial charge on any atom is 0.377 e. The van der Waals surface area contributed by atoms with E-state index in [1.165, 1.54) is 0 Å². The average Bonchev–Trinajstić information content (AvgIpc) is 2.59. The second-order valence-electron chi connectivity index (χ2n) is 5.09. The summed E-state index contributed by atoms with van der Waals surface area (Å²) >= 11 is 0. The quantitative estimate of drug-likeness (QED) is 0.728. The average molecular weight is 219 g/mol. The molecule has 0 aromatic carbocycles. The lowest BCUT2D eigenvalue weighted by atomic mass is 10.1. The molecule has 5 heteroatoms. The third-order valence-electron chi connectivity index (χ3n) is 3.16. The number of esters is 1. The van der Waals surface area contributed by atoms with Gasteiger partial charge in [0.15, 0.2) is 0 Å². The van der Waals surface area contributed by atoms with Crippen molar-refractivity contribution in [2.75, 3.05) is 6.54 Å². The topological polar surface area (TPSA) is 38.3 Å². The Morgan fingerprint density at radius 2 is 2.07 bits per heavy atom. The molecule has 3 nitrogen and oxygen atoms in total. The molecule has 86 valence electrons. The van der Waals surface area contributed by atoms with Gasteiger partial charge >= 0.3 is 11.9 Å². The Morgan fingerprint density at radius 1 is 1.47 bits per heavy atom. The molecule has 0 amide bonds. The van der Waals surface area contributed by atoms with Gasteiger partial charge in [0.1, 0.15) is 6.10 Å². The van der Waals surface area contributed by atoms with Crippen LogP contribution in [-0.2, 0) is 9.53 Å². The van der Waals surface area contributed by atoms with E-state index in [4.69, 9.17) is 0 Å². The molecule has 1 aliphatic carbocycles. The molecular formula is C10H15F2NO2. The number of nitrogens with one attached hydrogen (secondary N) is 1. The Labute approximate surface area is 87.2 Å². The molecule has 1 heterocycles. The van der Waals surface area contributed by atoms with Gasteiger partial charge < -0.3 is 10.1 Å². The van der Waals surface area contributed by atoms with Gasteiger partial charge in [-0.15, -0.1) is 0 Å². The van der Waals surface area contributed by atoms with E-state index in [2.05, 4.69) is 23.9 Å². The molecule has 2 rings (SSSR count). The Morgan fingerprint density at radius 3 is 2.47 bits per heavy atom. The van der Waals surface area contributed by atoms with Crippen molar-refractivity contribution in [3.63, 3.8) is 0 Å². The first kappa shape index (κ1) is 10.8. The molecule has 2 unspecified atom stereocenters. The van der Waals surface area contributed by atoms with E-state index >= 15 is 0 Å². The molecule has 15 heavy (non-hydrogen) atoms. The van der Waals surface area contributed by atoms with Crippen molar-refractivity contribution >= 4 is 5.97 Å². The van der Waals surface area contributed by atoms with E-state index < -0.39 is 24.4 Å². The van der Waals surface area contributed by atoms with E-state index in [0.29, 0.717) is 12.6 Å². The first-order valence-corrected chi connectivity index (χ1v) is 5.13. The minimum Gasteiger partial charge on any atom is -0.456 e. The highest BCUT2D eigenvalue weighted by Gasteiger charge is 2.52. The molecular weight excluding hydrogens is 204 g/mol. The highest BCUT2D eigenvalue weighted by molar-refractivity contribution is 5.79. The first-order valence-electron chi connectivity index (χ1n) is 5.13. The van der Waals surface area contributed by atoms with Crippen LogP contribution in [0, 0.1) is 5.41 Å². The molecule has 0 radical (unpaired) electrons. The fraction of sp³-hybridized carbons (Fsp3) is 0.900. The van der Waals surface area contributed by atoms with E-state index in [1.807, 2.05) is 0 Å². The summed E-state index contributed by atoms with van der Waals surface area (Å²) in [5, 5.41) is 3.14. The lowest BCUT2D eigenvalue weighted by Gasteiger charge is -2.10. The van der Waals surface area contributed by atoms with Crippen LogP contribution in [0.25, 0.3) is 0 Å². The number of alkyl halides is 2. The fourth-order valence-electron chi connectivity index (χ4n) is 1.85. The van der Waals surface area contributed by atoms with Gasteiger partial charge in [-0.3, -0.25) is 0 Å². The number of hydrogen-bond donors (Lipinski definition) is 1. The SMILES string of the molecule is CC1(C)CC1NCC1CC(F)(F)C(=O)O1. The van der Waals surface area contributed by atoms with Crippen molar-refractivity contribution in [1.82, 2.24) is 5.32 Å². The van der Waals surface area contributed by atoms with Gasteiger partial charge in [0.05, 0.1) is 6.42 Å². The normalized spacial score (nSPS) is 36.4. The predicted molar refractivity (Wildman–Crippen MR) is 49.6 cm³/mol. The van der Waals surface area contributed by atoms with Crippen molar-refractivity contribution in [3.05, 3.63) is 0 Å². The van der Waals surface area contributed by atoms with Crippen LogP contribution in [0.2, 0.25) is 0 Å². The van der Waals surface area contributed by atoms with Crippen LogP contribution in [-0.4, -0.2) is 30.6 Å². The molecule has 0 aromatic rings. The highest BCUT2D eigenvalue weighted by Crippen LogP contribution is 2.44. The summed E-state index contributed by atoms with van der Waals surface area (Å²) in [6, 6.07) is 0.366. The van der Waals surface area contributed by atoms with Gasteiger partial charge in [-0.05, 0) is 11.8 Å². The molecule has 0 aromatic heterocycles. The summed E-state index contributed by atoms with van der Waals surface area (Å²) in [5.41, 5.74) is 0.255. The summed E-state index contributed by atoms with van der Waals surface area (Å²) in [5.74, 6) is -4.67. The van der Waals surface area contributed by atoms with Crippen LogP contribution < -0.4 is 5.32 Å². The zero-order valence-electron chi connectivity index (χ0n) is 8.85. The number of carbonyl (C=O) groups is 1. The van der Waals surface area contributed by atoms with E-state index in [9.17, 15) is 13.6 Å². The van der Waals surface area contributed by atoms with Crippen LogP contribution in [0.5, 0.6) is 0 Å². The molecule has 2 aliphatic rings. The third kappa shape index (κ3) is 2.12. The van der Waals surface area contributed by atoms with Crippen molar-refractivity contribution in [2.24, 2.45) is 5.41 Å². The molecule has 2 atom stereocenters. The van der Waals surface area contributed by atoms with Crippen molar-refractivity contribution in [3.8, 4) is 0 Å². The molecule has 0 spiro atoms. The maximum atomic E-state index is 12.8. The second-order valence-corrected chi connectivity index (χ2v) is 5.09. The van der Waals surface area contributed by atoms with Crippen LogP contribution in [0.15, 0.2) is 0 Å². The van der Waals surface area contributed by atoms with Crippen molar-refractivity contribution in [2.45, 2.75) is 44.8 Å². The van der Waals surface area contributed by atoms with Gasteiger partial charge in [0.2, 0.25) is 0 Å². The van der Waals surface area contributed by atoms with Gasteiger partial charge in [-0.25, -0.2) is 4.79 Å². The molecule has 1 N–H and O–H groups in total. The highest BCUT2D eigenvalue weighted by atomic mass is 19.3. The second kappa shape index (κ2) is 3.14. The van der Waals surface area contributed by atoms with Crippen LogP contribution >= 0.6 is 0 Å².